The van der Waals surface area contributed by atoms with Crippen LogP contribution in [0.25, 0.3) is 0 Å². The molecule has 2 unspecified atom stereocenters. The van der Waals surface area contributed by atoms with Crippen LogP contribution in [0.2, 0.25) is 0 Å². The zero-order valence-corrected chi connectivity index (χ0v) is 26.6. The molecule has 3 amide bonds. The van der Waals surface area contributed by atoms with Crippen molar-refractivity contribution in [2.45, 2.75) is 55.7 Å². The number of anilines is 2. The number of carboxylic acid groups (broad SMARTS) is 1. The number of aliphatic hydroxyl groups excluding tert-OH is 1. The minimum atomic E-state index is -1.30. The Hall–Kier alpha value is -4.24. The Kier molecular flexibility index (Phi) is 11.2. The Morgan fingerprint density at radius 2 is 2.13 bits per heavy atom. The topological polar surface area (TPSA) is 277 Å². The van der Waals surface area contributed by atoms with Crippen molar-refractivity contribution in [2.24, 2.45) is 21.6 Å². The van der Waals surface area contributed by atoms with Crippen LogP contribution in [0.4, 0.5) is 11.5 Å². The second-order valence-electron chi connectivity index (χ2n) is 10.8. The van der Waals surface area contributed by atoms with Crippen LogP contribution in [0, 0.1) is 0 Å². The van der Waals surface area contributed by atoms with Crippen LogP contribution in [0.1, 0.15) is 26.7 Å². The normalized spacial score (nSPS) is 21.4. The number of nitrogens with one attached hydrogen (secondary N) is 3. The summed E-state index contributed by atoms with van der Waals surface area (Å²) in [5.41, 5.74) is 15.5. The smallest absolute Gasteiger partial charge is 0.352 e. The molecule has 1 fully saturated rings. The molecule has 3 aliphatic rings. The summed E-state index contributed by atoms with van der Waals surface area (Å²) in [6, 6.07) is -1.05. The first kappa shape index (κ1) is 34.6. The number of fused-ring (bicyclic) bond motifs is 1. The van der Waals surface area contributed by atoms with E-state index < -0.39 is 40.3 Å². The number of hydrogen-bond donors (Lipinski definition) is 8. The van der Waals surface area contributed by atoms with Gasteiger partial charge in [-0.25, -0.2) is 14.4 Å². The van der Waals surface area contributed by atoms with Gasteiger partial charge in [0, 0.05) is 12.2 Å². The predicted molar refractivity (Wildman–Crippen MR) is 170 cm³/mol. The number of aliphatic carboxylic acids is 1. The number of aromatic nitrogens is 2. The van der Waals surface area contributed by atoms with E-state index in [1.807, 2.05) is 0 Å². The zero-order valence-electron chi connectivity index (χ0n) is 25.0. The molecule has 0 bridgehead atoms. The van der Waals surface area contributed by atoms with Crippen LogP contribution >= 0.6 is 23.7 Å². The third-order valence-corrected chi connectivity index (χ3v) is 8.62. The lowest BCUT2D eigenvalue weighted by molar-refractivity contribution is -0.689. The number of amides is 3. The van der Waals surface area contributed by atoms with E-state index in [1.165, 1.54) is 18.1 Å². The second-order valence-corrected chi connectivity index (χ2v) is 12.8. The Morgan fingerprint density at radius 3 is 2.78 bits per heavy atom. The highest BCUT2D eigenvalue weighted by molar-refractivity contribution is 8.00. The van der Waals surface area contributed by atoms with Crippen molar-refractivity contribution in [2.75, 3.05) is 30.0 Å². The van der Waals surface area contributed by atoms with Crippen LogP contribution in [-0.2, 0) is 30.6 Å². The quantitative estimate of drug-likeness (QED) is 0.0346. The first-order valence-corrected chi connectivity index (χ1v) is 15.9. The number of hydrogen-bond acceptors (Lipinski definition) is 15. The van der Waals surface area contributed by atoms with Crippen LogP contribution in [0.5, 0.6) is 0 Å². The van der Waals surface area contributed by atoms with Crippen LogP contribution in [0.15, 0.2) is 46.1 Å². The third-order valence-electron chi connectivity index (χ3n) is 6.66. The average Bonchev–Trinajstić information content (AvgIpc) is 3.45. The molecule has 3 atom stereocenters. The molecule has 248 valence electrons. The minimum absolute atomic E-state index is 0.0254. The highest BCUT2D eigenvalue weighted by Gasteiger charge is 2.54. The van der Waals surface area contributed by atoms with Gasteiger partial charge in [-0.1, -0.05) is 11.2 Å². The summed E-state index contributed by atoms with van der Waals surface area (Å²) in [7, 11) is 0. The molecular weight excluding hydrogens is 642 g/mol. The zero-order chi connectivity index (χ0) is 33.6. The van der Waals surface area contributed by atoms with Crippen molar-refractivity contribution in [3.63, 3.8) is 0 Å². The molecule has 11 N–H and O–H groups in total. The number of aliphatic imine (C=N–C) groups is 1. The molecule has 0 saturated carbocycles. The van der Waals surface area contributed by atoms with Crippen LogP contribution < -0.4 is 37.1 Å². The molecule has 1 aromatic heterocycles. The van der Waals surface area contributed by atoms with Crippen molar-refractivity contribution < 1.29 is 38.8 Å². The Labute approximate surface area is 272 Å². The number of carbonyl (C=O) groups excluding carboxylic acids is 3. The lowest BCUT2D eigenvalue weighted by atomic mass is 10.0. The van der Waals surface area contributed by atoms with Gasteiger partial charge in [-0.3, -0.25) is 25.0 Å². The van der Waals surface area contributed by atoms with Crippen molar-refractivity contribution in [1.29, 1.82) is 0 Å². The molecule has 1 saturated heterocycles. The van der Waals surface area contributed by atoms with Crippen LogP contribution in [-0.4, -0.2) is 96.8 Å². The maximum atomic E-state index is 13.3. The number of carbonyl (C=O) groups is 4. The number of β-lactam (4-membered cyclic amide) rings is 1. The van der Waals surface area contributed by atoms with Gasteiger partial charge in [0.1, 0.15) is 29.9 Å². The fourth-order valence-corrected chi connectivity index (χ4v) is 6.09. The number of nitrogens with zero attached hydrogens (tertiary/aromatic N) is 5. The molecule has 0 aliphatic carbocycles. The van der Waals surface area contributed by atoms with E-state index in [0.29, 0.717) is 24.2 Å². The van der Waals surface area contributed by atoms with Crippen molar-refractivity contribution in [3.05, 3.63) is 35.9 Å². The standard InChI is InChI=1S/C26H35N11O7S2/c1-26(2,11-38)44-34-16(20-33-25(29)46-35-20)21(40)32-17-22(41)37-18(24(42)43)13(10-45-23(17)37)5-4-8-36-9-14(19(28)30-12-36)31-15(39)6-3-7-27/h4-5,9,12,17,23,25,28,38H,3,6-8,10-11,27,29H2,1-2H3,(H4,31,32,33,35,39,40,42,43)/p+1/b5-4+,34-16-/t17-,23?,25?/m1/s1. The molecule has 4 heterocycles. The maximum absolute atomic E-state index is 13.3. The number of allylic oxidation sites excluding steroid dienone is 2. The summed E-state index contributed by atoms with van der Waals surface area (Å²) < 4.78 is 4.42. The molecule has 3 aliphatic heterocycles. The summed E-state index contributed by atoms with van der Waals surface area (Å²) in [6.07, 6.45) is 7.12. The third kappa shape index (κ3) is 8.12. The van der Waals surface area contributed by atoms with Crippen LogP contribution in [0.3, 0.4) is 0 Å². The number of aliphatic hydroxyl groups is 1. The largest absolute Gasteiger partial charge is 0.477 e. The van der Waals surface area contributed by atoms with Gasteiger partial charge in [0.15, 0.2) is 22.6 Å². The summed E-state index contributed by atoms with van der Waals surface area (Å²) in [4.78, 5) is 65.5. The van der Waals surface area contributed by atoms with Gasteiger partial charge in [-0.2, -0.15) is 0 Å². The van der Waals surface area contributed by atoms with Gasteiger partial charge in [-0.15, -0.1) is 11.8 Å². The maximum Gasteiger partial charge on any atom is 0.352 e. The number of nitrogen functional groups attached to an aromatic ring is 1. The molecule has 46 heavy (non-hydrogen) atoms. The van der Waals surface area contributed by atoms with Gasteiger partial charge in [0.2, 0.25) is 11.6 Å². The number of thioether (sulfide) groups is 1. The first-order chi connectivity index (χ1) is 21.8. The van der Waals surface area contributed by atoms with E-state index in [2.05, 4.69) is 30.5 Å². The highest BCUT2D eigenvalue weighted by Crippen LogP contribution is 2.40. The molecule has 0 spiro atoms. The number of amidine groups is 1. The number of rotatable bonds is 14. The van der Waals surface area contributed by atoms with Gasteiger partial charge < -0.3 is 41.9 Å². The average molecular weight is 679 g/mol. The van der Waals surface area contributed by atoms with Crippen molar-refractivity contribution in [1.82, 2.24) is 19.9 Å². The minimum Gasteiger partial charge on any atom is -0.477 e. The molecule has 0 radical (unpaired) electrons. The number of oxime groups is 1. The lowest BCUT2D eigenvalue weighted by Gasteiger charge is -2.49. The molecule has 1 aromatic rings. The van der Waals surface area contributed by atoms with E-state index in [9.17, 15) is 29.4 Å². The summed E-state index contributed by atoms with van der Waals surface area (Å²) in [5.74, 6) is -2.57. The predicted octanol–water partition coefficient (Wildman–Crippen LogP) is -2.04. The van der Waals surface area contributed by atoms with E-state index in [-0.39, 0.29) is 54.3 Å². The summed E-state index contributed by atoms with van der Waals surface area (Å²) in [5, 5.41) is 28.0. The van der Waals surface area contributed by atoms with Gasteiger partial charge in [0.25, 0.3) is 24.0 Å². The number of nitrogens with two attached hydrogens (primary N) is 3. The van der Waals surface area contributed by atoms with Gasteiger partial charge >= 0.3 is 5.97 Å². The molecule has 18 nitrogen and oxygen atoms in total. The fourth-order valence-electron chi connectivity index (χ4n) is 4.24. The molecule has 4 rings (SSSR count). The fraction of sp³-hybridized carbons (Fsp3) is 0.462. The second kappa shape index (κ2) is 14.9. The van der Waals surface area contributed by atoms with Gasteiger partial charge in [-0.05, 0) is 55.4 Å². The van der Waals surface area contributed by atoms with E-state index in [0.717, 1.165) is 16.8 Å². The molecular formula is C26H36N11O7S2+. The van der Waals surface area contributed by atoms with Crippen molar-refractivity contribution in [3.8, 4) is 0 Å². The monoisotopic (exact) mass is 678 g/mol. The van der Waals surface area contributed by atoms with Gasteiger partial charge in [0.05, 0.1) is 6.61 Å². The molecule has 20 heteroatoms. The van der Waals surface area contributed by atoms with E-state index in [1.54, 1.807) is 36.8 Å². The Morgan fingerprint density at radius 1 is 1.37 bits per heavy atom. The Balaban J connectivity index is 1.46. The van der Waals surface area contributed by atoms with E-state index in [4.69, 9.17) is 22.0 Å². The van der Waals surface area contributed by atoms with Crippen molar-refractivity contribution >= 4 is 70.5 Å². The molecule has 0 aromatic carbocycles. The summed E-state index contributed by atoms with van der Waals surface area (Å²) >= 11 is 2.31. The number of carboxylic acids is 1. The Bertz CT molecular complexity index is 1510. The SMILES string of the molecule is CC(C)(CO)O/N=C(\C(=O)N[C@@H]1C(=O)N2C(C(=O)O)=C(/C=C/C[n+]3cnc(N)c(NC(=O)CCCN)c3)CSC12)C1=NC(N)SN1. The lowest BCUT2D eigenvalue weighted by Crippen LogP contribution is -2.71. The highest BCUT2D eigenvalue weighted by atomic mass is 32.2. The van der Waals surface area contributed by atoms with E-state index >= 15 is 0 Å². The first-order valence-electron chi connectivity index (χ1n) is 14.0. The summed E-state index contributed by atoms with van der Waals surface area (Å²) in [6.45, 7) is 3.36.